The molecule has 2 aliphatic heterocycles. The Kier molecular flexibility index (Phi) is 5.91. The Morgan fingerprint density at radius 1 is 1.07 bits per heavy atom. The molecule has 4 rings (SSSR count). The van der Waals surface area contributed by atoms with Gasteiger partial charge in [-0.1, -0.05) is 17.7 Å². The van der Waals surface area contributed by atoms with E-state index in [0.717, 1.165) is 29.8 Å². The van der Waals surface area contributed by atoms with Crippen LogP contribution in [-0.2, 0) is 21.4 Å². The SMILES string of the molecule is O=C1NCCCC[C@H]1N(Cc1ccc2c(c1)NSN2)S(=O)(=O)c1ccc(Cl)cc1. The molecule has 29 heavy (non-hydrogen) atoms. The number of nitrogens with one attached hydrogen (secondary N) is 3. The fraction of sp³-hybridized carbons (Fsp3) is 0.316. The lowest BCUT2D eigenvalue weighted by atomic mass is 10.1. The van der Waals surface area contributed by atoms with E-state index >= 15 is 0 Å². The van der Waals surface area contributed by atoms with Crippen molar-refractivity contribution in [1.82, 2.24) is 9.62 Å². The van der Waals surface area contributed by atoms with Crippen molar-refractivity contribution in [1.29, 1.82) is 0 Å². The van der Waals surface area contributed by atoms with Crippen LogP contribution in [0.1, 0.15) is 24.8 Å². The van der Waals surface area contributed by atoms with Gasteiger partial charge in [-0.15, -0.1) is 0 Å². The maximum absolute atomic E-state index is 13.5. The van der Waals surface area contributed by atoms with Gasteiger partial charge < -0.3 is 14.8 Å². The summed E-state index contributed by atoms with van der Waals surface area (Å²) in [7, 11) is -3.91. The van der Waals surface area contributed by atoms with E-state index in [2.05, 4.69) is 14.8 Å². The lowest BCUT2D eigenvalue weighted by Gasteiger charge is -2.29. The molecule has 0 radical (unpaired) electrons. The number of hydrogen-bond acceptors (Lipinski definition) is 6. The van der Waals surface area contributed by atoms with E-state index in [1.165, 1.54) is 28.6 Å². The fourth-order valence-corrected chi connectivity index (χ4v) is 5.83. The van der Waals surface area contributed by atoms with Crippen molar-refractivity contribution in [2.24, 2.45) is 0 Å². The smallest absolute Gasteiger partial charge is 0.244 e. The molecular weight excluding hydrogens is 432 g/mol. The Hall–Kier alpha value is -1.94. The summed E-state index contributed by atoms with van der Waals surface area (Å²) in [6, 6.07) is 11.0. The highest BCUT2D eigenvalue weighted by molar-refractivity contribution is 8.02. The number of rotatable bonds is 5. The van der Waals surface area contributed by atoms with Crippen molar-refractivity contribution in [3.8, 4) is 0 Å². The lowest BCUT2D eigenvalue weighted by Crippen LogP contribution is -2.48. The molecule has 0 spiro atoms. The summed E-state index contributed by atoms with van der Waals surface area (Å²) in [6.07, 6.45) is 2.10. The lowest BCUT2D eigenvalue weighted by molar-refractivity contribution is -0.124. The van der Waals surface area contributed by atoms with Crippen LogP contribution in [0.25, 0.3) is 0 Å². The molecule has 10 heteroatoms. The highest BCUT2D eigenvalue weighted by atomic mass is 35.5. The number of carbonyl (C=O) groups excluding carboxylic acids is 1. The molecule has 1 amide bonds. The third kappa shape index (κ3) is 4.32. The maximum Gasteiger partial charge on any atom is 0.244 e. The van der Waals surface area contributed by atoms with Gasteiger partial charge in [0, 0.05) is 18.1 Å². The Labute approximate surface area is 179 Å². The van der Waals surface area contributed by atoms with Gasteiger partial charge in [-0.05, 0) is 61.2 Å². The van der Waals surface area contributed by atoms with E-state index in [1.807, 2.05) is 18.2 Å². The summed E-state index contributed by atoms with van der Waals surface area (Å²) < 4.78 is 34.6. The Morgan fingerprint density at radius 2 is 1.83 bits per heavy atom. The van der Waals surface area contributed by atoms with Crippen molar-refractivity contribution < 1.29 is 13.2 Å². The molecule has 1 atom stereocenters. The highest BCUT2D eigenvalue weighted by Gasteiger charge is 2.36. The second-order valence-electron chi connectivity index (χ2n) is 6.99. The number of benzene rings is 2. The third-order valence-electron chi connectivity index (χ3n) is 5.02. The largest absolute Gasteiger partial charge is 0.355 e. The average molecular weight is 453 g/mol. The fourth-order valence-electron chi connectivity index (χ4n) is 3.48. The first kappa shape index (κ1) is 20.3. The van der Waals surface area contributed by atoms with Crippen LogP contribution in [0.4, 0.5) is 11.4 Å². The summed E-state index contributed by atoms with van der Waals surface area (Å²) in [6.45, 7) is 0.665. The molecule has 0 aromatic heterocycles. The van der Waals surface area contributed by atoms with E-state index in [-0.39, 0.29) is 17.3 Å². The molecule has 0 bridgehead atoms. The molecule has 2 aromatic rings. The molecule has 3 N–H and O–H groups in total. The van der Waals surface area contributed by atoms with Crippen LogP contribution in [0, 0.1) is 0 Å². The van der Waals surface area contributed by atoms with Gasteiger partial charge in [0.2, 0.25) is 15.9 Å². The minimum Gasteiger partial charge on any atom is -0.355 e. The van der Waals surface area contributed by atoms with Crippen LogP contribution < -0.4 is 14.8 Å². The summed E-state index contributed by atoms with van der Waals surface area (Å²) in [4.78, 5) is 12.8. The molecular formula is C19H21ClN4O3S2. The zero-order chi connectivity index (χ0) is 20.4. The van der Waals surface area contributed by atoms with Crippen molar-refractivity contribution in [2.75, 3.05) is 16.0 Å². The van der Waals surface area contributed by atoms with Crippen LogP contribution in [0.3, 0.4) is 0 Å². The number of amides is 1. The normalized spacial score (nSPS) is 19.1. The van der Waals surface area contributed by atoms with E-state index < -0.39 is 16.1 Å². The van der Waals surface area contributed by atoms with Crippen molar-refractivity contribution in [3.05, 3.63) is 53.1 Å². The standard InChI is InChI=1S/C19H21ClN4O3S2/c20-14-5-7-15(8-6-14)29(26,27)24(18-3-1-2-10-21-19(18)25)12-13-4-9-16-17(11-13)23-28-22-16/h4-9,11,18,22-23H,1-3,10,12H2,(H,21,25)/t18-/m1/s1. The van der Waals surface area contributed by atoms with Gasteiger partial charge in [-0.3, -0.25) is 4.79 Å². The Bertz CT molecular complexity index is 1010. The number of fused-ring (bicyclic) bond motifs is 1. The van der Waals surface area contributed by atoms with E-state index in [0.29, 0.717) is 18.0 Å². The Balaban J connectivity index is 1.72. The van der Waals surface area contributed by atoms with Crippen LogP contribution in [-0.4, -0.2) is 31.2 Å². The average Bonchev–Trinajstić information content (AvgIpc) is 3.07. The molecule has 2 aromatic carbocycles. The topological polar surface area (TPSA) is 90.5 Å². The first-order valence-electron chi connectivity index (χ1n) is 9.31. The molecule has 2 heterocycles. The highest BCUT2D eigenvalue weighted by Crippen LogP contribution is 2.34. The van der Waals surface area contributed by atoms with Crippen molar-refractivity contribution >= 4 is 51.0 Å². The van der Waals surface area contributed by atoms with Gasteiger partial charge in [0.05, 0.1) is 28.4 Å². The third-order valence-corrected chi connectivity index (χ3v) is 7.78. The molecule has 1 fully saturated rings. The zero-order valence-electron chi connectivity index (χ0n) is 15.5. The number of halogens is 1. The van der Waals surface area contributed by atoms with Gasteiger partial charge in [-0.2, -0.15) is 4.31 Å². The quantitative estimate of drug-likeness (QED) is 0.600. The van der Waals surface area contributed by atoms with Gasteiger partial charge in [-0.25, -0.2) is 8.42 Å². The first-order chi connectivity index (χ1) is 13.9. The predicted octanol–water partition coefficient (Wildman–Crippen LogP) is 3.60. The number of anilines is 2. The summed E-state index contributed by atoms with van der Waals surface area (Å²) in [5.74, 6) is -0.253. The summed E-state index contributed by atoms with van der Waals surface area (Å²) in [5, 5.41) is 3.30. The van der Waals surface area contributed by atoms with Gasteiger partial charge in [0.15, 0.2) is 0 Å². The molecule has 0 saturated carbocycles. The van der Waals surface area contributed by atoms with Crippen LogP contribution in [0.5, 0.6) is 0 Å². The van der Waals surface area contributed by atoms with E-state index in [1.54, 1.807) is 12.1 Å². The summed E-state index contributed by atoms with van der Waals surface area (Å²) >= 11 is 7.29. The molecule has 154 valence electrons. The van der Waals surface area contributed by atoms with Crippen molar-refractivity contribution in [3.63, 3.8) is 0 Å². The van der Waals surface area contributed by atoms with E-state index in [9.17, 15) is 13.2 Å². The Morgan fingerprint density at radius 3 is 2.62 bits per heavy atom. The zero-order valence-corrected chi connectivity index (χ0v) is 17.9. The van der Waals surface area contributed by atoms with E-state index in [4.69, 9.17) is 11.6 Å². The second kappa shape index (κ2) is 8.43. The molecule has 0 unspecified atom stereocenters. The molecule has 2 aliphatic rings. The van der Waals surface area contributed by atoms with Crippen LogP contribution in [0.2, 0.25) is 5.02 Å². The van der Waals surface area contributed by atoms with Crippen LogP contribution >= 0.6 is 23.7 Å². The number of sulfonamides is 1. The van der Waals surface area contributed by atoms with Crippen LogP contribution in [0.15, 0.2) is 47.4 Å². The number of hydrogen-bond donors (Lipinski definition) is 3. The van der Waals surface area contributed by atoms with Gasteiger partial charge in [0.25, 0.3) is 0 Å². The number of nitrogens with zero attached hydrogens (tertiary/aromatic N) is 1. The number of carbonyl (C=O) groups is 1. The molecule has 0 aliphatic carbocycles. The van der Waals surface area contributed by atoms with Gasteiger partial charge in [0.1, 0.15) is 6.04 Å². The minimum absolute atomic E-state index is 0.0999. The van der Waals surface area contributed by atoms with Crippen molar-refractivity contribution in [2.45, 2.75) is 36.7 Å². The predicted molar refractivity (Wildman–Crippen MR) is 116 cm³/mol. The maximum atomic E-state index is 13.5. The minimum atomic E-state index is -3.91. The van der Waals surface area contributed by atoms with Gasteiger partial charge >= 0.3 is 0 Å². The molecule has 1 saturated heterocycles. The second-order valence-corrected chi connectivity index (χ2v) is 9.93. The summed E-state index contributed by atoms with van der Waals surface area (Å²) in [5.41, 5.74) is 2.63. The first-order valence-corrected chi connectivity index (χ1v) is 11.9. The monoisotopic (exact) mass is 452 g/mol. The molecule has 7 nitrogen and oxygen atoms in total.